The maximum atomic E-state index is 12.1. The first kappa shape index (κ1) is 15.2. The molecule has 0 aliphatic heterocycles. The highest BCUT2D eigenvalue weighted by molar-refractivity contribution is 5.95. The lowest BCUT2D eigenvalue weighted by Gasteiger charge is -2.04. The van der Waals surface area contributed by atoms with E-state index in [4.69, 9.17) is 9.15 Å². The van der Waals surface area contributed by atoms with Crippen LogP contribution in [0.2, 0.25) is 0 Å². The second-order valence-corrected chi connectivity index (χ2v) is 4.71. The molecule has 1 aromatic heterocycles. The Morgan fingerprint density at radius 2 is 1.62 bits per heavy atom. The highest BCUT2D eigenvalue weighted by Crippen LogP contribution is 2.32. The molecule has 0 aliphatic carbocycles. The fourth-order valence-electron chi connectivity index (χ4n) is 2.08. The Morgan fingerprint density at radius 3 is 2.29 bits per heavy atom. The fraction of sp³-hybridized carbons (Fsp3) is 0. The molecule has 8 nitrogen and oxygen atoms in total. The van der Waals surface area contributed by atoms with E-state index in [0.717, 1.165) is 6.07 Å². The smallest absolute Gasteiger partial charge is 0.351 e. The molecule has 8 heteroatoms. The summed E-state index contributed by atoms with van der Waals surface area (Å²) in [6, 6.07) is 11.7. The van der Waals surface area contributed by atoms with E-state index in [9.17, 15) is 19.4 Å². The Kier molecular flexibility index (Phi) is 3.94. The van der Waals surface area contributed by atoms with Gasteiger partial charge in [0.15, 0.2) is 0 Å². The van der Waals surface area contributed by atoms with Gasteiger partial charge in [-0.25, -0.2) is 9.59 Å². The van der Waals surface area contributed by atoms with Crippen LogP contribution < -0.4 is 10.4 Å². The summed E-state index contributed by atoms with van der Waals surface area (Å²) in [7, 11) is 0. The average Bonchev–Trinajstić information content (AvgIpc) is 2.60. The van der Waals surface area contributed by atoms with E-state index in [2.05, 4.69) is 10.4 Å². The maximum Gasteiger partial charge on any atom is 0.351 e. The van der Waals surface area contributed by atoms with E-state index in [0.29, 0.717) is 0 Å². The van der Waals surface area contributed by atoms with Gasteiger partial charge in [-0.3, -0.25) is 0 Å². The SMILES string of the molecule is O=Nc1cc2cc(C(=O)Oc3ccccc3)c(=O)oc2cc1N=O. The molecule has 0 fully saturated rings. The molecule has 0 aliphatic rings. The van der Waals surface area contributed by atoms with Crippen molar-refractivity contribution < 1.29 is 13.9 Å². The lowest BCUT2D eigenvalue weighted by Crippen LogP contribution is -2.18. The van der Waals surface area contributed by atoms with Crippen molar-refractivity contribution in [3.63, 3.8) is 0 Å². The summed E-state index contributed by atoms with van der Waals surface area (Å²) in [6.07, 6.45) is 0. The van der Waals surface area contributed by atoms with Gasteiger partial charge in [-0.1, -0.05) is 18.2 Å². The number of rotatable bonds is 4. The summed E-state index contributed by atoms with van der Waals surface area (Å²) in [4.78, 5) is 45.5. The Bertz CT molecular complexity index is 1010. The van der Waals surface area contributed by atoms with Crippen LogP contribution in [0.4, 0.5) is 11.4 Å². The van der Waals surface area contributed by atoms with E-state index in [1.807, 2.05) is 0 Å². The van der Waals surface area contributed by atoms with Crippen LogP contribution in [0, 0.1) is 9.81 Å². The Hall–Kier alpha value is -3.68. The van der Waals surface area contributed by atoms with Gasteiger partial charge in [0.2, 0.25) is 0 Å². The van der Waals surface area contributed by atoms with E-state index in [1.165, 1.54) is 12.1 Å². The fourth-order valence-corrected chi connectivity index (χ4v) is 2.08. The van der Waals surface area contributed by atoms with Gasteiger partial charge in [0.1, 0.15) is 28.3 Å². The van der Waals surface area contributed by atoms with E-state index in [-0.39, 0.29) is 33.7 Å². The lowest BCUT2D eigenvalue weighted by molar-refractivity contribution is 0.0730. The molecule has 0 atom stereocenters. The third-order valence-corrected chi connectivity index (χ3v) is 3.20. The number of carbonyl (C=O) groups is 1. The molecule has 0 N–H and O–H groups in total. The Morgan fingerprint density at radius 1 is 0.958 bits per heavy atom. The summed E-state index contributed by atoms with van der Waals surface area (Å²) in [5.41, 5.74) is -1.78. The van der Waals surface area contributed by atoms with Gasteiger partial charge >= 0.3 is 11.6 Å². The summed E-state index contributed by atoms with van der Waals surface area (Å²) in [5, 5.41) is 5.55. The second kappa shape index (κ2) is 6.21. The minimum atomic E-state index is -0.938. The number of nitroso groups, excluding NO2 is 2. The number of hydrogen-bond acceptors (Lipinski definition) is 8. The van der Waals surface area contributed by atoms with E-state index in [1.54, 1.807) is 30.3 Å². The van der Waals surface area contributed by atoms with Crippen LogP contribution in [0.1, 0.15) is 10.4 Å². The zero-order chi connectivity index (χ0) is 17.1. The van der Waals surface area contributed by atoms with Crippen molar-refractivity contribution in [2.24, 2.45) is 10.4 Å². The molecule has 1 heterocycles. The summed E-state index contributed by atoms with van der Waals surface area (Å²) < 4.78 is 10.1. The minimum absolute atomic E-state index is 0.00161. The van der Waals surface area contributed by atoms with Crippen LogP contribution in [0.15, 0.2) is 68.1 Å². The molecule has 0 saturated carbocycles. The largest absolute Gasteiger partial charge is 0.423 e. The highest BCUT2D eigenvalue weighted by atomic mass is 16.5. The molecule has 0 radical (unpaired) electrons. The standard InChI is InChI=1S/C16H8N2O6/c19-15(23-10-4-2-1-3-5-10)11-6-9-7-12(17-21)13(18-22)8-14(9)24-16(11)20/h1-8H. The molecule has 0 amide bonds. The molecule has 0 saturated heterocycles. The van der Waals surface area contributed by atoms with Gasteiger partial charge in [0.05, 0.1) is 0 Å². The van der Waals surface area contributed by atoms with E-state index < -0.39 is 11.6 Å². The number of ether oxygens (including phenoxy) is 1. The number of fused-ring (bicyclic) bond motifs is 1. The Balaban J connectivity index is 2.07. The van der Waals surface area contributed by atoms with Crippen LogP contribution in [0.25, 0.3) is 11.0 Å². The van der Waals surface area contributed by atoms with Crippen molar-refractivity contribution in [3.8, 4) is 5.75 Å². The predicted octanol–water partition coefficient (Wildman–Crippen LogP) is 3.81. The number of carbonyl (C=O) groups excluding carboxylic acids is 1. The van der Waals surface area contributed by atoms with Crippen LogP contribution in [0.5, 0.6) is 5.75 Å². The second-order valence-electron chi connectivity index (χ2n) is 4.71. The monoisotopic (exact) mass is 324 g/mol. The third-order valence-electron chi connectivity index (χ3n) is 3.20. The number of para-hydroxylation sites is 1. The van der Waals surface area contributed by atoms with Crippen molar-refractivity contribution >= 4 is 28.3 Å². The Labute approximate surface area is 133 Å². The summed E-state index contributed by atoms with van der Waals surface area (Å²) in [6.45, 7) is 0. The number of hydrogen-bond donors (Lipinski definition) is 0. The number of benzene rings is 2. The molecule has 2 aromatic carbocycles. The quantitative estimate of drug-likeness (QED) is 0.312. The highest BCUT2D eigenvalue weighted by Gasteiger charge is 2.17. The van der Waals surface area contributed by atoms with Crippen LogP contribution in [0.3, 0.4) is 0 Å². The van der Waals surface area contributed by atoms with Gasteiger partial charge in [-0.2, -0.15) is 0 Å². The third kappa shape index (κ3) is 2.80. The van der Waals surface area contributed by atoms with Crippen molar-refractivity contribution in [1.82, 2.24) is 0 Å². The van der Waals surface area contributed by atoms with Crippen molar-refractivity contribution in [3.05, 3.63) is 74.3 Å². The first-order chi connectivity index (χ1) is 11.6. The van der Waals surface area contributed by atoms with Crippen molar-refractivity contribution in [2.45, 2.75) is 0 Å². The molecular formula is C16H8N2O6. The average molecular weight is 324 g/mol. The van der Waals surface area contributed by atoms with Crippen LogP contribution >= 0.6 is 0 Å². The topological polar surface area (TPSA) is 115 Å². The molecular weight excluding hydrogens is 316 g/mol. The van der Waals surface area contributed by atoms with Crippen LogP contribution in [-0.2, 0) is 0 Å². The molecule has 0 bridgehead atoms. The first-order valence-electron chi connectivity index (χ1n) is 6.68. The molecule has 118 valence electrons. The van der Waals surface area contributed by atoms with Gasteiger partial charge in [0.25, 0.3) is 0 Å². The number of esters is 1. The predicted molar refractivity (Wildman–Crippen MR) is 84.8 cm³/mol. The van der Waals surface area contributed by atoms with Crippen molar-refractivity contribution in [1.29, 1.82) is 0 Å². The number of nitrogens with zero attached hydrogens (tertiary/aromatic N) is 2. The molecule has 3 rings (SSSR count). The molecule has 24 heavy (non-hydrogen) atoms. The summed E-state index contributed by atoms with van der Waals surface area (Å²) in [5.74, 6) is -0.646. The van der Waals surface area contributed by atoms with Gasteiger partial charge < -0.3 is 9.15 Å². The first-order valence-corrected chi connectivity index (χ1v) is 6.68. The minimum Gasteiger partial charge on any atom is -0.423 e. The molecule has 0 unspecified atom stereocenters. The van der Waals surface area contributed by atoms with Crippen LogP contribution in [-0.4, -0.2) is 5.97 Å². The van der Waals surface area contributed by atoms with E-state index >= 15 is 0 Å². The van der Waals surface area contributed by atoms with Gasteiger partial charge in [-0.15, -0.1) is 9.81 Å². The van der Waals surface area contributed by atoms with Gasteiger partial charge in [-0.05, 0) is 34.6 Å². The maximum absolute atomic E-state index is 12.1. The molecule has 0 spiro atoms. The lowest BCUT2D eigenvalue weighted by atomic mass is 10.1. The van der Waals surface area contributed by atoms with Gasteiger partial charge in [0, 0.05) is 11.5 Å². The summed E-state index contributed by atoms with van der Waals surface area (Å²) >= 11 is 0. The normalized spacial score (nSPS) is 10.3. The zero-order valence-corrected chi connectivity index (χ0v) is 12.0. The zero-order valence-electron chi connectivity index (χ0n) is 12.0. The molecule has 3 aromatic rings. The van der Waals surface area contributed by atoms with Crippen molar-refractivity contribution in [2.75, 3.05) is 0 Å².